The number of carbonyl (C=O) groups is 1. The highest BCUT2D eigenvalue weighted by Gasteiger charge is 2.26. The van der Waals surface area contributed by atoms with Gasteiger partial charge in [-0.2, -0.15) is 0 Å². The zero-order valence-corrected chi connectivity index (χ0v) is 10.9. The molecule has 1 aliphatic rings. The number of nitro benzene ring substituents is 1. The van der Waals surface area contributed by atoms with E-state index in [-0.39, 0.29) is 11.7 Å². The van der Waals surface area contributed by atoms with Gasteiger partial charge in [-0.1, -0.05) is 12.8 Å². The van der Waals surface area contributed by atoms with Crippen LogP contribution in [0, 0.1) is 21.8 Å². The summed E-state index contributed by atoms with van der Waals surface area (Å²) < 4.78 is 13.8. The third-order valence-electron chi connectivity index (χ3n) is 3.30. The topological polar surface area (TPSA) is 92.5 Å². The Labute approximate surface area is 114 Å². The molecule has 0 spiro atoms. The van der Waals surface area contributed by atoms with E-state index in [1.54, 1.807) is 0 Å². The van der Waals surface area contributed by atoms with Crippen LogP contribution in [0.25, 0.3) is 0 Å². The second kappa shape index (κ2) is 5.44. The van der Waals surface area contributed by atoms with Crippen LogP contribution in [0.4, 0.5) is 15.8 Å². The van der Waals surface area contributed by atoms with Gasteiger partial charge in [0, 0.05) is 6.04 Å². The van der Waals surface area contributed by atoms with Crippen LogP contribution in [0.2, 0.25) is 0 Å². The molecule has 2 N–H and O–H groups in total. The number of hydrogen-bond donors (Lipinski definition) is 2. The predicted molar refractivity (Wildman–Crippen MR) is 70.4 cm³/mol. The zero-order chi connectivity index (χ0) is 14.9. The van der Waals surface area contributed by atoms with Crippen LogP contribution in [0.5, 0.6) is 0 Å². The largest absolute Gasteiger partial charge is 0.477 e. The summed E-state index contributed by atoms with van der Waals surface area (Å²) in [6, 6.07) is 1.62. The highest BCUT2D eigenvalue weighted by atomic mass is 19.1. The van der Waals surface area contributed by atoms with Crippen LogP contribution in [-0.2, 0) is 0 Å². The van der Waals surface area contributed by atoms with Gasteiger partial charge in [0.25, 0.3) is 5.69 Å². The lowest BCUT2D eigenvalue weighted by atomic mass is 10.1. The Hall–Kier alpha value is -2.18. The number of carboxylic acid groups (broad SMARTS) is 1. The second-order valence-corrected chi connectivity index (χ2v) is 5.14. The van der Waals surface area contributed by atoms with Crippen molar-refractivity contribution in [2.24, 2.45) is 5.92 Å². The number of anilines is 1. The molecule has 2 rings (SSSR count). The van der Waals surface area contributed by atoms with Crippen LogP contribution in [-0.4, -0.2) is 22.0 Å². The summed E-state index contributed by atoms with van der Waals surface area (Å²) in [4.78, 5) is 20.8. The average Bonchev–Trinajstić information content (AvgIpc) is 3.14. The lowest BCUT2D eigenvalue weighted by Crippen LogP contribution is -2.17. The molecule has 0 aromatic heterocycles. The van der Waals surface area contributed by atoms with Crippen LogP contribution < -0.4 is 5.32 Å². The minimum Gasteiger partial charge on any atom is -0.477 e. The molecule has 6 nitrogen and oxygen atoms in total. The number of benzene rings is 1. The first-order valence-electron chi connectivity index (χ1n) is 6.36. The van der Waals surface area contributed by atoms with Crippen molar-refractivity contribution >= 4 is 17.3 Å². The van der Waals surface area contributed by atoms with Gasteiger partial charge in [0.05, 0.1) is 16.7 Å². The third-order valence-corrected chi connectivity index (χ3v) is 3.30. The molecule has 0 saturated heterocycles. The first kappa shape index (κ1) is 14.2. The lowest BCUT2D eigenvalue weighted by molar-refractivity contribution is -0.385. The quantitative estimate of drug-likeness (QED) is 0.618. The summed E-state index contributed by atoms with van der Waals surface area (Å²) in [5.41, 5.74) is -1.27. The molecule has 1 aromatic carbocycles. The molecular weight excluding hydrogens is 267 g/mol. The fourth-order valence-electron chi connectivity index (χ4n) is 2.17. The number of nitrogens with zero attached hydrogens (tertiary/aromatic N) is 1. The first-order valence-corrected chi connectivity index (χ1v) is 6.36. The molecule has 20 heavy (non-hydrogen) atoms. The fourth-order valence-corrected chi connectivity index (χ4v) is 2.17. The van der Waals surface area contributed by atoms with Gasteiger partial charge < -0.3 is 10.4 Å². The van der Waals surface area contributed by atoms with E-state index in [9.17, 15) is 19.3 Å². The molecule has 1 aromatic rings. The van der Waals surface area contributed by atoms with E-state index < -0.39 is 28.0 Å². The second-order valence-electron chi connectivity index (χ2n) is 5.14. The van der Waals surface area contributed by atoms with Gasteiger partial charge in [0.15, 0.2) is 5.82 Å². The number of aromatic carboxylic acids is 1. The van der Waals surface area contributed by atoms with Crippen molar-refractivity contribution in [2.75, 3.05) is 5.32 Å². The van der Waals surface area contributed by atoms with Gasteiger partial charge in [-0.25, -0.2) is 9.18 Å². The molecular formula is C13H15FN2O4. The molecule has 0 heterocycles. The van der Waals surface area contributed by atoms with Gasteiger partial charge in [-0.15, -0.1) is 0 Å². The summed E-state index contributed by atoms with van der Waals surface area (Å²) in [6.07, 6.45) is 3.20. The SMILES string of the molecule is CC(CC1CC1)Nc1cc(C(=O)O)c([N+](=O)[O-])cc1F. The van der Waals surface area contributed by atoms with Gasteiger partial charge >= 0.3 is 5.97 Å². The summed E-state index contributed by atoms with van der Waals surface area (Å²) >= 11 is 0. The third kappa shape index (κ3) is 3.23. The van der Waals surface area contributed by atoms with Crippen molar-refractivity contribution < 1.29 is 19.2 Å². The van der Waals surface area contributed by atoms with Crippen LogP contribution in [0.1, 0.15) is 36.5 Å². The molecule has 7 heteroatoms. The van der Waals surface area contributed by atoms with Crippen molar-refractivity contribution in [2.45, 2.75) is 32.2 Å². The highest BCUT2D eigenvalue weighted by molar-refractivity contribution is 5.93. The first-order chi connectivity index (χ1) is 9.38. The summed E-state index contributed by atoms with van der Waals surface area (Å²) in [5.74, 6) is -1.63. The Morgan fingerprint density at radius 1 is 1.60 bits per heavy atom. The van der Waals surface area contributed by atoms with E-state index in [4.69, 9.17) is 5.11 Å². The standard InChI is InChI=1S/C13H15FN2O4/c1-7(4-8-2-3-8)15-11-5-9(13(17)18)12(16(19)20)6-10(11)14/h5-8,15H,2-4H2,1H3,(H,17,18). The summed E-state index contributed by atoms with van der Waals surface area (Å²) in [7, 11) is 0. The van der Waals surface area contributed by atoms with Gasteiger partial charge in [-0.05, 0) is 25.3 Å². The maximum Gasteiger partial charge on any atom is 0.342 e. The highest BCUT2D eigenvalue weighted by Crippen LogP contribution is 2.34. The molecule has 0 amide bonds. The Kier molecular flexibility index (Phi) is 3.87. The van der Waals surface area contributed by atoms with Crippen molar-refractivity contribution in [3.8, 4) is 0 Å². The maximum atomic E-state index is 13.8. The van der Waals surface area contributed by atoms with E-state index in [1.165, 1.54) is 0 Å². The van der Waals surface area contributed by atoms with Gasteiger partial charge in [0.2, 0.25) is 0 Å². The van der Waals surface area contributed by atoms with Crippen molar-refractivity contribution in [1.29, 1.82) is 0 Å². The smallest absolute Gasteiger partial charge is 0.342 e. The Morgan fingerprint density at radius 2 is 2.25 bits per heavy atom. The molecule has 1 atom stereocenters. The van der Waals surface area contributed by atoms with E-state index in [1.807, 2.05) is 6.92 Å². The molecule has 0 bridgehead atoms. The van der Waals surface area contributed by atoms with Crippen molar-refractivity contribution in [1.82, 2.24) is 0 Å². The Balaban J connectivity index is 2.25. The molecule has 1 fully saturated rings. The van der Waals surface area contributed by atoms with Gasteiger partial charge in [0.1, 0.15) is 5.56 Å². The minimum atomic E-state index is -1.45. The monoisotopic (exact) mass is 282 g/mol. The number of halogens is 1. The zero-order valence-electron chi connectivity index (χ0n) is 10.9. The fraction of sp³-hybridized carbons (Fsp3) is 0.462. The number of nitro groups is 1. The number of carboxylic acids is 1. The van der Waals surface area contributed by atoms with Crippen molar-refractivity contribution in [3.05, 3.63) is 33.6 Å². The summed E-state index contributed by atoms with van der Waals surface area (Å²) in [6.45, 7) is 1.87. The molecule has 1 unspecified atom stereocenters. The minimum absolute atomic E-state index is 0.0128. The molecule has 1 aliphatic carbocycles. The number of hydrogen-bond acceptors (Lipinski definition) is 4. The molecule has 0 aliphatic heterocycles. The van der Waals surface area contributed by atoms with Crippen LogP contribution in [0.15, 0.2) is 12.1 Å². The van der Waals surface area contributed by atoms with Gasteiger partial charge in [-0.3, -0.25) is 10.1 Å². The lowest BCUT2D eigenvalue weighted by Gasteiger charge is -2.15. The predicted octanol–water partition coefficient (Wildman–Crippen LogP) is 3.03. The maximum absolute atomic E-state index is 13.8. The Morgan fingerprint density at radius 3 is 2.75 bits per heavy atom. The molecule has 0 radical (unpaired) electrons. The van der Waals surface area contributed by atoms with Crippen molar-refractivity contribution in [3.63, 3.8) is 0 Å². The van der Waals surface area contributed by atoms with E-state index in [0.29, 0.717) is 12.0 Å². The normalized spacial score (nSPS) is 15.7. The molecule has 1 saturated carbocycles. The van der Waals surface area contributed by atoms with E-state index in [2.05, 4.69) is 5.32 Å². The van der Waals surface area contributed by atoms with E-state index in [0.717, 1.165) is 25.3 Å². The van der Waals surface area contributed by atoms with Crippen LogP contribution >= 0.6 is 0 Å². The number of nitrogens with one attached hydrogen (secondary N) is 1. The van der Waals surface area contributed by atoms with E-state index >= 15 is 0 Å². The number of rotatable bonds is 6. The summed E-state index contributed by atoms with van der Waals surface area (Å²) in [5, 5.41) is 22.6. The molecule has 108 valence electrons. The average molecular weight is 282 g/mol. The Bertz CT molecular complexity index is 558. The van der Waals surface area contributed by atoms with Crippen LogP contribution in [0.3, 0.4) is 0 Å².